The molecule has 1 aliphatic heterocycles. The van der Waals surface area contributed by atoms with Crippen LogP contribution in [0.25, 0.3) is 0 Å². The quantitative estimate of drug-likeness (QED) is 0.852. The minimum Gasteiger partial charge on any atom is -0.339 e. The van der Waals surface area contributed by atoms with E-state index in [9.17, 15) is 0 Å². The van der Waals surface area contributed by atoms with Gasteiger partial charge in [-0.2, -0.15) is 16.7 Å². The number of hydrogen-bond donors (Lipinski definition) is 1. The molecule has 2 N–H and O–H groups in total. The number of nitrogens with zero attached hydrogens (tertiary/aromatic N) is 2. The van der Waals surface area contributed by atoms with Crippen LogP contribution in [-0.2, 0) is 6.42 Å². The van der Waals surface area contributed by atoms with E-state index in [0.717, 1.165) is 12.3 Å². The average molecular weight is 227 g/mol. The molecular formula is C10H17N3OS. The summed E-state index contributed by atoms with van der Waals surface area (Å²) in [5.74, 6) is 4.58. The third-order valence-electron chi connectivity index (χ3n) is 2.61. The largest absolute Gasteiger partial charge is 0.339 e. The van der Waals surface area contributed by atoms with Crippen molar-refractivity contribution in [1.29, 1.82) is 0 Å². The highest BCUT2D eigenvalue weighted by molar-refractivity contribution is 7.99. The molecule has 0 saturated carbocycles. The van der Waals surface area contributed by atoms with Gasteiger partial charge in [0, 0.05) is 6.42 Å². The maximum Gasteiger partial charge on any atom is 0.227 e. The van der Waals surface area contributed by atoms with E-state index < -0.39 is 0 Å². The Hall–Kier alpha value is -0.550. The lowest BCUT2D eigenvalue weighted by atomic mass is 10.0. The molecule has 1 saturated heterocycles. The van der Waals surface area contributed by atoms with Gasteiger partial charge in [-0.05, 0) is 37.2 Å². The van der Waals surface area contributed by atoms with E-state index in [-0.39, 0.29) is 6.04 Å². The van der Waals surface area contributed by atoms with Crippen LogP contribution in [0.1, 0.15) is 37.5 Å². The van der Waals surface area contributed by atoms with Crippen molar-refractivity contribution >= 4 is 11.8 Å². The van der Waals surface area contributed by atoms with Gasteiger partial charge in [-0.3, -0.25) is 0 Å². The van der Waals surface area contributed by atoms with Crippen molar-refractivity contribution in [2.45, 2.75) is 32.2 Å². The molecular weight excluding hydrogens is 210 g/mol. The molecule has 2 unspecified atom stereocenters. The van der Waals surface area contributed by atoms with Crippen molar-refractivity contribution < 1.29 is 4.52 Å². The van der Waals surface area contributed by atoms with Crippen LogP contribution in [0.2, 0.25) is 0 Å². The highest BCUT2D eigenvalue weighted by Crippen LogP contribution is 2.25. The van der Waals surface area contributed by atoms with Crippen molar-refractivity contribution in [3.63, 3.8) is 0 Å². The van der Waals surface area contributed by atoms with Gasteiger partial charge in [0.2, 0.25) is 5.89 Å². The third kappa shape index (κ3) is 2.95. The van der Waals surface area contributed by atoms with E-state index in [1.165, 1.54) is 24.3 Å². The van der Waals surface area contributed by atoms with Crippen LogP contribution in [0.15, 0.2) is 4.52 Å². The van der Waals surface area contributed by atoms with Gasteiger partial charge in [-0.25, -0.2) is 0 Å². The van der Waals surface area contributed by atoms with Gasteiger partial charge in [0.15, 0.2) is 5.82 Å². The fourth-order valence-electron chi connectivity index (χ4n) is 1.75. The van der Waals surface area contributed by atoms with Gasteiger partial charge in [-0.1, -0.05) is 5.16 Å². The average Bonchev–Trinajstić information content (AvgIpc) is 2.68. The van der Waals surface area contributed by atoms with Crippen molar-refractivity contribution in [2.24, 2.45) is 11.7 Å². The van der Waals surface area contributed by atoms with Crippen molar-refractivity contribution in [3.8, 4) is 0 Å². The summed E-state index contributed by atoms with van der Waals surface area (Å²) in [7, 11) is 0. The highest BCUT2D eigenvalue weighted by atomic mass is 32.2. The molecule has 0 amide bonds. The number of thioether (sulfide) groups is 1. The smallest absolute Gasteiger partial charge is 0.227 e. The molecule has 1 aromatic heterocycles. The summed E-state index contributed by atoms with van der Waals surface area (Å²) >= 11 is 2.02. The fraction of sp³-hybridized carbons (Fsp3) is 0.800. The van der Waals surface area contributed by atoms with Gasteiger partial charge >= 0.3 is 0 Å². The van der Waals surface area contributed by atoms with E-state index >= 15 is 0 Å². The van der Waals surface area contributed by atoms with Gasteiger partial charge in [-0.15, -0.1) is 0 Å². The molecule has 0 aromatic carbocycles. The van der Waals surface area contributed by atoms with E-state index in [0.29, 0.717) is 11.7 Å². The van der Waals surface area contributed by atoms with Crippen LogP contribution in [0.3, 0.4) is 0 Å². The molecule has 0 spiro atoms. The topological polar surface area (TPSA) is 64.9 Å². The second kappa shape index (κ2) is 4.99. The Labute approximate surface area is 94.0 Å². The zero-order valence-electron chi connectivity index (χ0n) is 8.98. The Morgan fingerprint density at radius 1 is 1.67 bits per heavy atom. The molecule has 1 fully saturated rings. The first-order valence-electron chi connectivity index (χ1n) is 5.41. The molecule has 0 radical (unpaired) electrons. The van der Waals surface area contributed by atoms with Crippen molar-refractivity contribution in [1.82, 2.24) is 10.1 Å². The van der Waals surface area contributed by atoms with Crippen LogP contribution >= 0.6 is 11.8 Å². The number of nitrogens with two attached hydrogens (primary N) is 1. The molecule has 0 aliphatic carbocycles. The van der Waals surface area contributed by atoms with Crippen LogP contribution < -0.4 is 5.73 Å². The number of hydrogen-bond acceptors (Lipinski definition) is 5. The molecule has 1 aromatic rings. The Kier molecular flexibility index (Phi) is 3.64. The zero-order valence-corrected chi connectivity index (χ0v) is 9.80. The van der Waals surface area contributed by atoms with Crippen LogP contribution in [0.4, 0.5) is 0 Å². The Balaban J connectivity index is 1.91. The molecule has 0 bridgehead atoms. The minimum absolute atomic E-state index is 0.136. The zero-order chi connectivity index (χ0) is 10.7. The first kappa shape index (κ1) is 11.0. The molecule has 4 nitrogen and oxygen atoms in total. The molecule has 84 valence electrons. The van der Waals surface area contributed by atoms with Gasteiger partial charge in [0.1, 0.15) is 0 Å². The van der Waals surface area contributed by atoms with E-state index in [1.54, 1.807) is 0 Å². The summed E-state index contributed by atoms with van der Waals surface area (Å²) in [5.41, 5.74) is 5.67. The molecule has 2 heterocycles. The van der Waals surface area contributed by atoms with Crippen LogP contribution in [-0.4, -0.2) is 21.6 Å². The predicted octanol–water partition coefficient (Wildman–Crippen LogP) is 1.78. The molecule has 15 heavy (non-hydrogen) atoms. The normalized spacial score (nSPS) is 24.0. The lowest BCUT2D eigenvalue weighted by Gasteiger charge is -2.19. The highest BCUT2D eigenvalue weighted by Gasteiger charge is 2.18. The van der Waals surface area contributed by atoms with Crippen molar-refractivity contribution in [2.75, 3.05) is 11.5 Å². The van der Waals surface area contributed by atoms with Gasteiger partial charge in [0.25, 0.3) is 0 Å². The van der Waals surface area contributed by atoms with E-state index in [2.05, 4.69) is 10.1 Å². The predicted molar refractivity (Wildman–Crippen MR) is 60.7 cm³/mol. The SMILES string of the molecule is CC(N)c1noc(CC2CCCSC2)n1. The summed E-state index contributed by atoms with van der Waals surface area (Å²) in [4.78, 5) is 4.29. The van der Waals surface area contributed by atoms with Gasteiger partial charge in [0.05, 0.1) is 6.04 Å². The van der Waals surface area contributed by atoms with Gasteiger partial charge < -0.3 is 10.3 Å². The summed E-state index contributed by atoms with van der Waals surface area (Å²) in [6, 6.07) is -0.136. The maximum absolute atomic E-state index is 5.67. The van der Waals surface area contributed by atoms with E-state index in [4.69, 9.17) is 10.3 Å². The second-order valence-corrected chi connectivity index (χ2v) is 5.27. The summed E-state index contributed by atoms with van der Waals surface area (Å²) in [6.45, 7) is 1.87. The third-order valence-corrected chi connectivity index (χ3v) is 3.89. The first-order valence-corrected chi connectivity index (χ1v) is 6.57. The summed E-state index contributed by atoms with van der Waals surface area (Å²) < 4.78 is 5.18. The van der Waals surface area contributed by atoms with Crippen LogP contribution in [0, 0.1) is 5.92 Å². The fourth-order valence-corrected chi connectivity index (χ4v) is 2.91. The number of aromatic nitrogens is 2. The Morgan fingerprint density at radius 3 is 3.13 bits per heavy atom. The maximum atomic E-state index is 5.67. The molecule has 1 aliphatic rings. The second-order valence-electron chi connectivity index (χ2n) is 4.12. The Bertz CT molecular complexity index is 307. The molecule has 2 atom stereocenters. The number of rotatable bonds is 3. The summed E-state index contributed by atoms with van der Waals surface area (Å²) in [5, 5.41) is 3.86. The standard InChI is InChI=1S/C10H17N3OS/c1-7(11)10-12-9(14-13-10)5-8-3-2-4-15-6-8/h7-8H,2-6,11H2,1H3. The molecule has 2 rings (SSSR count). The summed E-state index contributed by atoms with van der Waals surface area (Å²) in [6.07, 6.45) is 3.50. The minimum atomic E-state index is -0.136. The lowest BCUT2D eigenvalue weighted by molar-refractivity contribution is 0.347. The Morgan fingerprint density at radius 2 is 2.53 bits per heavy atom. The molecule has 5 heteroatoms. The monoisotopic (exact) mass is 227 g/mol. The van der Waals surface area contributed by atoms with E-state index in [1.807, 2.05) is 18.7 Å². The first-order chi connectivity index (χ1) is 7.25. The van der Waals surface area contributed by atoms with Crippen LogP contribution in [0.5, 0.6) is 0 Å². The lowest BCUT2D eigenvalue weighted by Crippen LogP contribution is -2.13. The van der Waals surface area contributed by atoms with Crippen molar-refractivity contribution in [3.05, 3.63) is 11.7 Å².